The maximum Gasteiger partial charge on any atom is 0.0414 e. The van der Waals surface area contributed by atoms with Crippen LogP contribution in [0.3, 0.4) is 0 Å². The van der Waals surface area contributed by atoms with Gasteiger partial charge in [0, 0.05) is 5.92 Å². The lowest BCUT2D eigenvalue weighted by Crippen LogP contribution is -1.87. The van der Waals surface area contributed by atoms with Gasteiger partial charge in [-0.3, -0.25) is 0 Å². The van der Waals surface area contributed by atoms with Crippen molar-refractivity contribution in [1.82, 2.24) is 0 Å². The maximum atomic E-state index is 5.19. The summed E-state index contributed by atoms with van der Waals surface area (Å²) in [5.41, 5.74) is 0. The summed E-state index contributed by atoms with van der Waals surface area (Å²) in [4.78, 5) is 0. The van der Waals surface area contributed by atoms with Gasteiger partial charge in [-0.05, 0) is 13.3 Å². The summed E-state index contributed by atoms with van der Waals surface area (Å²) >= 11 is 0. The van der Waals surface area contributed by atoms with E-state index in [2.05, 4.69) is 18.4 Å². The molecule has 1 atom stereocenters. The first-order chi connectivity index (χ1) is 4.35. The molecule has 0 rings (SSSR count). The van der Waals surface area contributed by atoms with Crippen molar-refractivity contribution in [1.29, 1.82) is 0 Å². The monoisotopic (exact) mass is 119 g/mol. The second kappa shape index (κ2) is 5.18. The van der Waals surface area contributed by atoms with Crippen LogP contribution in [0.15, 0.2) is 18.7 Å². The van der Waals surface area contributed by atoms with Crippen molar-refractivity contribution in [2.75, 3.05) is 0 Å². The van der Waals surface area contributed by atoms with Crippen molar-refractivity contribution in [3.8, 4) is 11.8 Å². The van der Waals surface area contributed by atoms with Gasteiger partial charge >= 0.3 is 0 Å². The highest BCUT2D eigenvalue weighted by molar-refractivity contribution is 5.08. The molecule has 0 aliphatic heterocycles. The summed E-state index contributed by atoms with van der Waals surface area (Å²) in [6, 6.07) is 0. The summed E-state index contributed by atoms with van der Waals surface area (Å²) in [6.07, 6.45) is 4.21. The molecule has 0 heterocycles. The minimum atomic E-state index is 0.236. The summed E-state index contributed by atoms with van der Waals surface area (Å²) in [6.45, 7) is 10.6. The normalized spacial score (nSPS) is 10.8. The minimum Gasteiger partial charge on any atom is -0.106 e. The summed E-state index contributed by atoms with van der Waals surface area (Å²) in [5, 5.41) is 0. The Morgan fingerprint density at radius 2 is 2.44 bits per heavy atom. The Labute approximate surface area is 57.3 Å². The van der Waals surface area contributed by atoms with Crippen LogP contribution in [-0.4, -0.2) is 0 Å². The predicted molar refractivity (Wildman–Crippen MR) is 40.6 cm³/mol. The Morgan fingerprint density at radius 3 is 2.78 bits per heavy atom. The van der Waals surface area contributed by atoms with Gasteiger partial charge in [-0.1, -0.05) is 24.7 Å². The smallest absolute Gasteiger partial charge is 0.0414 e. The number of rotatable bonds is 3. The van der Waals surface area contributed by atoms with Crippen molar-refractivity contribution in [3.63, 3.8) is 0 Å². The van der Waals surface area contributed by atoms with Crippen molar-refractivity contribution in [2.24, 2.45) is 5.92 Å². The Morgan fingerprint density at radius 1 is 1.78 bits per heavy atom. The van der Waals surface area contributed by atoms with E-state index in [4.69, 9.17) is 6.58 Å². The lowest BCUT2D eigenvalue weighted by Gasteiger charge is -1.96. The molecule has 0 aliphatic rings. The topological polar surface area (TPSA) is 0 Å². The van der Waals surface area contributed by atoms with Crippen LogP contribution in [0.5, 0.6) is 0 Å². The first-order valence-electron chi connectivity index (χ1n) is 2.93. The number of hydrogen-bond acceptors (Lipinski definition) is 0. The fourth-order valence-electron chi connectivity index (χ4n) is 0.546. The van der Waals surface area contributed by atoms with Crippen LogP contribution < -0.4 is 0 Å². The van der Waals surface area contributed by atoms with Gasteiger partial charge in [0.25, 0.3) is 0 Å². The quantitative estimate of drug-likeness (QED) is 0.394. The Hall–Kier alpha value is -0.960. The third-order valence-electron chi connectivity index (χ3n) is 1.00. The van der Waals surface area contributed by atoms with Crippen molar-refractivity contribution >= 4 is 0 Å². The van der Waals surface area contributed by atoms with Crippen LogP contribution >= 0.6 is 0 Å². The zero-order valence-electron chi connectivity index (χ0n) is 5.72. The van der Waals surface area contributed by atoms with Gasteiger partial charge in [0.05, 0.1) is 0 Å². The van der Waals surface area contributed by atoms with E-state index in [0.29, 0.717) is 0 Å². The molecule has 0 heteroatoms. The molecule has 0 aliphatic carbocycles. The van der Waals surface area contributed by atoms with Crippen LogP contribution in [-0.2, 0) is 0 Å². The lowest BCUT2D eigenvalue weighted by atomic mass is 10.1. The highest BCUT2D eigenvalue weighted by atomic mass is 13.9. The molecule has 9 heavy (non-hydrogen) atoms. The summed E-state index contributed by atoms with van der Waals surface area (Å²) in [5.74, 6) is 6.00. The average molecular weight is 119 g/mol. The molecular formula is C9H11. The van der Waals surface area contributed by atoms with Crippen LogP contribution in [0.2, 0.25) is 0 Å². The van der Waals surface area contributed by atoms with E-state index < -0.39 is 0 Å². The fraction of sp³-hybridized carbons (Fsp3) is 0.333. The van der Waals surface area contributed by atoms with E-state index in [1.807, 2.05) is 6.92 Å². The standard InChI is InChI=1S/C9H11/c1-4-7-9(6-3)8-5-2/h1,4,6,9H,3,7H2,2H3. The van der Waals surface area contributed by atoms with E-state index in [9.17, 15) is 0 Å². The third kappa shape index (κ3) is 3.61. The molecular weight excluding hydrogens is 108 g/mol. The van der Waals surface area contributed by atoms with Gasteiger partial charge in [-0.2, -0.15) is 0 Å². The molecule has 1 radical (unpaired) electrons. The molecule has 0 bridgehead atoms. The van der Waals surface area contributed by atoms with Gasteiger partial charge in [-0.25, -0.2) is 0 Å². The van der Waals surface area contributed by atoms with Gasteiger partial charge < -0.3 is 0 Å². The van der Waals surface area contributed by atoms with E-state index >= 15 is 0 Å². The molecule has 0 spiro atoms. The largest absolute Gasteiger partial charge is 0.106 e. The van der Waals surface area contributed by atoms with Gasteiger partial charge in [0.2, 0.25) is 0 Å². The highest BCUT2D eigenvalue weighted by Gasteiger charge is 1.92. The zero-order valence-corrected chi connectivity index (χ0v) is 5.72. The lowest BCUT2D eigenvalue weighted by molar-refractivity contribution is 0.866. The van der Waals surface area contributed by atoms with E-state index in [1.165, 1.54) is 0 Å². The third-order valence-corrected chi connectivity index (χ3v) is 1.00. The zero-order chi connectivity index (χ0) is 7.11. The molecule has 0 saturated carbocycles. The van der Waals surface area contributed by atoms with Crippen molar-refractivity contribution in [2.45, 2.75) is 13.3 Å². The predicted octanol–water partition coefficient (Wildman–Crippen LogP) is 2.19. The SMILES string of the molecule is [CH]=CCC(C#CC)C=C. The molecule has 0 aromatic heterocycles. The molecule has 1 unspecified atom stereocenters. The van der Waals surface area contributed by atoms with Crippen molar-refractivity contribution in [3.05, 3.63) is 25.3 Å². The Bertz CT molecular complexity index is 143. The van der Waals surface area contributed by atoms with Gasteiger partial charge in [-0.15, -0.1) is 12.5 Å². The molecule has 0 N–H and O–H groups in total. The molecule has 0 saturated heterocycles. The first kappa shape index (κ1) is 8.04. The van der Waals surface area contributed by atoms with E-state index in [1.54, 1.807) is 12.2 Å². The molecule has 47 valence electrons. The van der Waals surface area contributed by atoms with E-state index in [-0.39, 0.29) is 5.92 Å². The second-order valence-corrected chi connectivity index (χ2v) is 1.71. The van der Waals surface area contributed by atoms with Gasteiger partial charge in [0.1, 0.15) is 0 Å². The minimum absolute atomic E-state index is 0.236. The van der Waals surface area contributed by atoms with Crippen LogP contribution in [0.1, 0.15) is 13.3 Å². The summed E-state index contributed by atoms with van der Waals surface area (Å²) < 4.78 is 0. The van der Waals surface area contributed by atoms with E-state index in [0.717, 1.165) is 6.42 Å². The van der Waals surface area contributed by atoms with Gasteiger partial charge in [0.15, 0.2) is 0 Å². The van der Waals surface area contributed by atoms with Crippen LogP contribution in [0, 0.1) is 24.3 Å². The highest BCUT2D eigenvalue weighted by Crippen LogP contribution is 2.01. The summed E-state index contributed by atoms with van der Waals surface area (Å²) in [7, 11) is 0. The number of hydrogen-bond donors (Lipinski definition) is 0. The maximum absolute atomic E-state index is 5.19. The average Bonchev–Trinajstić information content (AvgIpc) is 1.88. The second-order valence-electron chi connectivity index (χ2n) is 1.71. The molecule has 0 aromatic carbocycles. The molecule has 0 amide bonds. The molecule has 0 fully saturated rings. The first-order valence-corrected chi connectivity index (χ1v) is 2.93. The molecule has 0 aromatic rings. The van der Waals surface area contributed by atoms with Crippen LogP contribution in [0.25, 0.3) is 0 Å². The Balaban J connectivity index is 3.76. The van der Waals surface area contributed by atoms with Crippen LogP contribution in [0.4, 0.5) is 0 Å². The fourth-order valence-corrected chi connectivity index (χ4v) is 0.546. The Kier molecular flexibility index (Phi) is 4.63. The molecule has 0 nitrogen and oxygen atoms in total. The number of allylic oxidation sites excluding steroid dienone is 2. The van der Waals surface area contributed by atoms with Crippen molar-refractivity contribution < 1.29 is 0 Å².